The van der Waals surface area contributed by atoms with Gasteiger partial charge in [0, 0.05) is 35.0 Å². The lowest BCUT2D eigenvalue weighted by Crippen LogP contribution is -2.34. The minimum absolute atomic E-state index is 0.0135. The summed E-state index contributed by atoms with van der Waals surface area (Å²) in [6.07, 6.45) is 2.98. The Morgan fingerprint density at radius 2 is 1.90 bits per heavy atom. The number of esters is 1. The number of rotatable bonds is 10. The Morgan fingerprint density at radius 3 is 2.56 bits per heavy atom. The molecule has 1 aliphatic heterocycles. The van der Waals surface area contributed by atoms with Crippen molar-refractivity contribution in [2.24, 2.45) is 10.7 Å². The molecule has 2 aromatic carbocycles. The number of benzene rings is 2. The summed E-state index contributed by atoms with van der Waals surface area (Å²) in [4.78, 5) is 43.1. The molecule has 9 nitrogen and oxygen atoms in total. The number of carbonyl (C=O) groups excluding carboxylic acids is 3. The maximum Gasteiger partial charge on any atom is 0.435 e. The van der Waals surface area contributed by atoms with Crippen LogP contribution < -0.4 is 11.1 Å². The van der Waals surface area contributed by atoms with Crippen molar-refractivity contribution in [3.05, 3.63) is 64.2 Å². The van der Waals surface area contributed by atoms with Crippen molar-refractivity contribution < 1.29 is 23.9 Å². The molecule has 2 amide bonds. The Balaban J connectivity index is 1.69. The Morgan fingerprint density at radius 1 is 1.15 bits per heavy atom. The first-order valence-electron chi connectivity index (χ1n) is 14.2. The second-order valence-electron chi connectivity index (χ2n) is 9.99. The molecule has 0 aromatic heterocycles. The van der Waals surface area contributed by atoms with Crippen LogP contribution in [0.4, 0.5) is 10.5 Å². The number of carbonyl (C=O) groups is 3. The van der Waals surface area contributed by atoms with E-state index < -0.39 is 6.09 Å². The van der Waals surface area contributed by atoms with Crippen molar-refractivity contribution in [2.45, 2.75) is 65.8 Å². The molecular weight excluding hydrogens is 520 g/mol. The number of amidine groups is 1. The van der Waals surface area contributed by atoms with Crippen molar-refractivity contribution in [2.75, 3.05) is 31.6 Å². The lowest BCUT2D eigenvalue weighted by atomic mass is 9.96. The third-order valence-corrected chi connectivity index (χ3v) is 6.85. The van der Waals surface area contributed by atoms with Crippen LogP contribution >= 0.6 is 0 Å². The first-order valence-corrected chi connectivity index (χ1v) is 14.2. The van der Waals surface area contributed by atoms with E-state index in [2.05, 4.69) is 29.1 Å². The Labute approximate surface area is 242 Å². The predicted octanol–water partition coefficient (Wildman–Crippen LogP) is 4.83. The van der Waals surface area contributed by atoms with Crippen molar-refractivity contribution in [3.8, 4) is 11.8 Å². The van der Waals surface area contributed by atoms with E-state index in [9.17, 15) is 14.4 Å². The summed E-state index contributed by atoms with van der Waals surface area (Å²) < 4.78 is 10.2. The summed E-state index contributed by atoms with van der Waals surface area (Å²) in [5.74, 6) is 5.94. The number of nitrogens with one attached hydrogen (secondary N) is 1. The number of nitrogens with two attached hydrogens (primary N) is 1. The number of amides is 2. The van der Waals surface area contributed by atoms with Gasteiger partial charge in [-0.3, -0.25) is 9.59 Å². The van der Waals surface area contributed by atoms with Gasteiger partial charge < -0.3 is 25.4 Å². The average molecular weight is 561 g/mol. The Bertz CT molecular complexity index is 1320. The van der Waals surface area contributed by atoms with Gasteiger partial charge in [0.25, 0.3) is 5.91 Å². The van der Waals surface area contributed by atoms with Crippen molar-refractivity contribution in [1.29, 1.82) is 0 Å². The first-order chi connectivity index (χ1) is 19.7. The molecule has 0 radical (unpaired) electrons. The van der Waals surface area contributed by atoms with E-state index >= 15 is 0 Å². The normalized spacial score (nSPS) is 14.7. The summed E-state index contributed by atoms with van der Waals surface area (Å²) in [6.45, 7) is 9.43. The zero-order chi connectivity index (χ0) is 29.8. The molecule has 1 atom stereocenters. The van der Waals surface area contributed by atoms with Gasteiger partial charge in [-0.05, 0) is 87.6 Å². The standard InChI is InChI=1S/C32H40N4O5/c1-5-7-18-41-32(39)35-30(33)24-12-14-27(15-13-24)34-16-8-11-25-20-26(21-29(37)40-6-2)28(19-22(25)3)31(38)36-17-9-10-23(36)4/h12-15,19-20,23,34H,5-7,9-10,16-18,21H2,1-4H3,(H2,33,35,39). The third-order valence-electron chi connectivity index (χ3n) is 6.85. The SMILES string of the molecule is CCCCOC(=O)N=C(N)c1ccc(NCC#Cc2cc(CC(=O)OCC)c(C(=O)N3CCCC3C)cc2C)cc1. The van der Waals surface area contributed by atoms with Crippen molar-refractivity contribution in [3.63, 3.8) is 0 Å². The van der Waals surface area contributed by atoms with Gasteiger partial charge in [-0.15, -0.1) is 0 Å². The summed E-state index contributed by atoms with van der Waals surface area (Å²) in [5.41, 5.74) is 10.1. The molecule has 1 aliphatic rings. The molecule has 218 valence electrons. The fraction of sp³-hybridized carbons (Fsp3) is 0.438. The average Bonchev–Trinajstić information content (AvgIpc) is 3.38. The minimum Gasteiger partial charge on any atom is -0.466 e. The fourth-order valence-electron chi connectivity index (χ4n) is 4.53. The molecule has 1 saturated heterocycles. The molecule has 1 unspecified atom stereocenters. The number of ether oxygens (including phenoxy) is 2. The zero-order valence-corrected chi connectivity index (χ0v) is 24.4. The molecule has 0 aliphatic carbocycles. The number of aliphatic imine (C=N–C) groups is 1. The number of anilines is 1. The lowest BCUT2D eigenvalue weighted by molar-refractivity contribution is -0.142. The van der Waals surface area contributed by atoms with E-state index in [-0.39, 0.29) is 36.8 Å². The molecule has 2 aromatic rings. The maximum absolute atomic E-state index is 13.4. The molecule has 3 N–H and O–H groups in total. The molecular formula is C32H40N4O5. The van der Waals surface area contributed by atoms with E-state index in [0.717, 1.165) is 49.0 Å². The largest absolute Gasteiger partial charge is 0.466 e. The monoisotopic (exact) mass is 560 g/mol. The van der Waals surface area contributed by atoms with Crippen LogP contribution in [-0.4, -0.2) is 61.1 Å². The third kappa shape index (κ3) is 9.10. The van der Waals surface area contributed by atoms with Gasteiger partial charge in [0.1, 0.15) is 5.84 Å². The molecule has 0 saturated carbocycles. The quantitative estimate of drug-likeness (QED) is 0.140. The van der Waals surface area contributed by atoms with Crippen LogP contribution in [0.25, 0.3) is 0 Å². The number of unbranched alkanes of at least 4 members (excludes halogenated alkanes) is 1. The van der Waals surface area contributed by atoms with Crippen LogP contribution in [0, 0.1) is 18.8 Å². The minimum atomic E-state index is -0.697. The molecule has 1 heterocycles. The topological polar surface area (TPSA) is 123 Å². The van der Waals surface area contributed by atoms with E-state index in [1.165, 1.54) is 0 Å². The van der Waals surface area contributed by atoms with Gasteiger partial charge in [0.15, 0.2) is 0 Å². The molecule has 9 heteroatoms. The van der Waals surface area contributed by atoms with Gasteiger partial charge in [0.05, 0.1) is 26.2 Å². The van der Waals surface area contributed by atoms with Gasteiger partial charge in [-0.1, -0.05) is 25.2 Å². The fourth-order valence-corrected chi connectivity index (χ4v) is 4.53. The highest BCUT2D eigenvalue weighted by molar-refractivity contribution is 6.03. The number of aryl methyl sites for hydroxylation is 1. The van der Waals surface area contributed by atoms with Crippen LogP contribution in [0.15, 0.2) is 41.4 Å². The van der Waals surface area contributed by atoms with Gasteiger partial charge in [0.2, 0.25) is 0 Å². The molecule has 3 rings (SSSR count). The van der Waals surface area contributed by atoms with Gasteiger partial charge in [-0.2, -0.15) is 4.99 Å². The summed E-state index contributed by atoms with van der Waals surface area (Å²) in [6, 6.07) is 11.0. The van der Waals surface area contributed by atoms with Crippen molar-refractivity contribution in [1.82, 2.24) is 4.90 Å². The summed E-state index contributed by atoms with van der Waals surface area (Å²) in [7, 11) is 0. The van der Waals surface area contributed by atoms with Crippen LogP contribution in [0.1, 0.15) is 79.1 Å². The van der Waals surface area contributed by atoms with Crippen LogP contribution in [-0.2, 0) is 20.7 Å². The van der Waals surface area contributed by atoms with Crippen LogP contribution in [0.5, 0.6) is 0 Å². The summed E-state index contributed by atoms with van der Waals surface area (Å²) in [5, 5.41) is 3.23. The maximum atomic E-state index is 13.4. The molecule has 0 spiro atoms. The highest BCUT2D eigenvalue weighted by Crippen LogP contribution is 2.24. The lowest BCUT2D eigenvalue weighted by Gasteiger charge is -2.23. The second kappa shape index (κ2) is 15.5. The van der Waals surface area contributed by atoms with Gasteiger partial charge >= 0.3 is 12.1 Å². The molecule has 1 fully saturated rings. The van der Waals surface area contributed by atoms with E-state index in [1.54, 1.807) is 19.1 Å². The highest BCUT2D eigenvalue weighted by Gasteiger charge is 2.28. The molecule has 41 heavy (non-hydrogen) atoms. The predicted molar refractivity (Wildman–Crippen MR) is 160 cm³/mol. The first kappa shape index (κ1) is 31.2. The number of hydrogen-bond donors (Lipinski definition) is 2. The second-order valence-corrected chi connectivity index (χ2v) is 9.99. The Hall–Kier alpha value is -4.32. The van der Waals surface area contributed by atoms with Crippen molar-refractivity contribution >= 4 is 29.5 Å². The Kier molecular flexibility index (Phi) is 11.8. The number of hydrogen-bond acceptors (Lipinski definition) is 6. The van der Waals surface area contributed by atoms with E-state index in [0.29, 0.717) is 29.8 Å². The van der Waals surface area contributed by atoms with Crippen LogP contribution in [0.3, 0.4) is 0 Å². The highest BCUT2D eigenvalue weighted by atomic mass is 16.5. The number of likely N-dealkylation sites (tertiary alicyclic amines) is 1. The summed E-state index contributed by atoms with van der Waals surface area (Å²) >= 11 is 0. The smallest absolute Gasteiger partial charge is 0.435 e. The van der Waals surface area contributed by atoms with E-state index in [1.807, 2.05) is 43.0 Å². The van der Waals surface area contributed by atoms with Gasteiger partial charge in [-0.25, -0.2) is 4.79 Å². The van der Waals surface area contributed by atoms with E-state index in [4.69, 9.17) is 15.2 Å². The van der Waals surface area contributed by atoms with Crippen LogP contribution in [0.2, 0.25) is 0 Å². The molecule has 0 bridgehead atoms. The number of nitrogens with zero attached hydrogens (tertiary/aromatic N) is 2. The zero-order valence-electron chi connectivity index (χ0n) is 24.4.